The lowest BCUT2D eigenvalue weighted by Crippen LogP contribution is -2.21. The van der Waals surface area contributed by atoms with Crippen LogP contribution in [0.5, 0.6) is 0 Å². The van der Waals surface area contributed by atoms with Gasteiger partial charge in [0.25, 0.3) is 0 Å². The van der Waals surface area contributed by atoms with Crippen molar-refractivity contribution in [1.29, 1.82) is 0 Å². The van der Waals surface area contributed by atoms with E-state index in [4.69, 9.17) is 0 Å². The van der Waals surface area contributed by atoms with E-state index in [2.05, 4.69) is 20.9 Å². The van der Waals surface area contributed by atoms with Crippen molar-refractivity contribution in [3.63, 3.8) is 0 Å². The summed E-state index contributed by atoms with van der Waals surface area (Å²) in [6.45, 7) is 2.51. The van der Waals surface area contributed by atoms with Crippen LogP contribution >= 0.6 is 16.1 Å². The molecule has 0 bridgehead atoms. The smallest absolute Gasteiger partial charge is 0.335 e. The van der Waals surface area contributed by atoms with Crippen molar-refractivity contribution in [1.82, 2.24) is 3.93 Å². The average Bonchev–Trinajstić information content (AvgIpc) is 2.08. The average molecular weight is 232 g/mol. The van der Waals surface area contributed by atoms with Gasteiger partial charge in [0.2, 0.25) is 0 Å². The molecule has 0 saturated heterocycles. The maximum Gasteiger partial charge on any atom is 0.335 e. The molecule has 1 heterocycles. The summed E-state index contributed by atoms with van der Waals surface area (Å²) in [6, 6.07) is 0. The number of esters is 1. The van der Waals surface area contributed by atoms with Gasteiger partial charge in [-0.1, -0.05) is 0 Å². The molecule has 0 unspecified atom stereocenters. The van der Waals surface area contributed by atoms with Crippen LogP contribution in [0.2, 0.25) is 0 Å². The summed E-state index contributed by atoms with van der Waals surface area (Å²) in [5, 5.41) is 0. The lowest BCUT2D eigenvalue weighted by Gasteiger charge is -2.20. The van der Waals surface area contributed by atoms with Gasteiger partial charge in [-0.3, -0.25) is 0 Å². The molecule has 66 valence electrons. The minimum Gasteiger partial charge on any atom is -0.466 e. The van der Waals surface area contributed by atoms with Crippen molar-refractivity contribution >= 4 is 22.1 Å². The van der Waals surface area contributed by atoms with E-state index in [1.54, 1.807) is 6.08 Å². The monoisotopic (exact) mass is 231 g/mol. The molecule has 0 radical (unpaired) electrons. The number of rotatable bonds is 1. The van der Waals surface area contributed by atoms with Crippen LogP contribution in [0, 0.1) is 0 Å². The summed E-state index contributed by atoms with van der Waals surface area (Å²) in [4.78, 5) is 11.1. The number of methoxy groups -OCH3 is 1. The highest BCUT2D eigenvalue weighted by atomic mass is 79.9. The van der Waals surface area contributed by atoms with Crippen LogP contribution in [0.3, 0.4) is 0 Å². The van der Waals surface area contributed by atoms with Crippen molar-refractivity contribution < 1.29 is 9.53 Å². The van der Waals surface area contributed by atoms with Crippen LogP contribution in [-0.2, 0) is 9.53 Å². The minimum absolute atomic E-state index is 0.275. The van der Waals surface area contributed by atoms with Crippen molar-refractivity contribution in [3.05, 3.63) is 23.4 Å². The Bertz CT molecular complexity index is 258. The second-order valence-electron chi connectivity index (χ2n) is 2.51. The number of allylic oxidation sites excluding steroid dienone is 3. The fourth-order valence-electron chi connectivity index (χ4n) is 0.893. The van der Waals surface area contributed by atoms with E-state index in [1.165, 1.54) is 7.11 Å². The van der Waals surface area contributed by atoms with Crippen molar-refractivity contribution in [3.8, 4) is 0 Å². The normalized spacial score (nSPS) is 16.8. The van der Waals surface area contributed by atoms with Gasteiger partial charge in [-0.05, 0) is 19.1 Å². The maximum atomic E-state index is 11.1. The molecule has 1 aliphatic heterocycles. The Morgan fingerprint density at radius 3 is 2.83 bits per heavy atom. The molecule has 12 heavy (non-hydrogen) atoms. The lowest BCUT2D eigenvalue weighted by atomic mass is 10.2. The first-order valence-electron chi connectivity index (χ1n) is 3.54. The van der Waals surface area contributed by atoms with E-state index >= 15 is 0 Å². The summed E-state index contributed by atoms with van der Waals surface area (Å²) in [5.41, 5.74) is 1.72. The van der Waals surface area contributed by atoms with Gasteiger partial charge in [0, 0.05) is 21.8 Å². The van der Waals surface area contributed by atoms with Gasteiger partial charge in [0.05, 0.1) is 19.2 Å². The van der Waals surface area contributed by atoms with E-state index in [-0.39, 0.29) is 5.97 Å². The summed E-state index contributed by atoms with van der Waals surface area (Å²) in [6.07, 6.45) is 3.64. The first-order chi connectivity index (χ1) is 5.65. The molecule has 0 atom stereocenters. The van der Waals surface area contributed by atoms with Crippen LogP contribution in [0.25, 0.3) is 0 Å². The number of nitrogens with zero attached hydrogens (tertiary/aromatic N) is 1. The molecule has 1 rings (SSSR count). The first kappa shape index (κ1) is 9.32. The highest BCUT2D eigenvalue weighted by molar-refractivity contribution is 9.07. The van der Waals surface area contributed by atoms with Gasteiger partial charge in [-0.2, -0.15) is 0 Å². The molecule has 4 heteroatoms. The summed E-state index contributed by atoms with van der Waals surface area (Å²) < 4.78 is 6.41. The van der Waals surface area contributed by atoms with Crippen molar-refractivity contribution in [2.75, 3.05) is 13.7 Å². The Morgan fingerprint density at radius 2 is 2.33 bits per heavy atom. The molecule has 0 fully saturated rings. The first-order valence-corrected chi connectivity index (χ1v) is 4.25. The predicted octanol–water partition coefficient (Wildman–Crippen LogP) is 1.62. The highest BCUT2D eigenvalue weighted by Gasteiger charge is 2.15. The largest absolute Gasteiger partial charge is 0.466 e. The SMILES string of the molecule is COC(=O)C1=CC=C(C)N(Br)C1. The van der Waals surface area contributed by atoms with Crippen LogP contribution in [0.15, 0.2) is 23.4 Å². The quantitative estimate of drug-likeness (QED) is 0.508. The van der Waals surface area contributed by atoms with Gasteiger partial charge in [-0.15, -0.1) is 0 Å². The van der Waals surface area contributed by atoms with Crippen LogP contribution < -0.4 is 0 Å². The van der Waals surface area contributed by atoms with E-state index in [0.717, 1.165) is 5.70 Å². The third-order valence-corrected chi connectivity index (χ3v) is 2.48. The van der Waals surface area contributed by atoms with Gasteiger partial charge in [0.1, 0.15) is 0 Å². The molecule has 3 nitrogen and oxygen atoms in total. The molecule has 0 aromatic heterocycles. The maximum absolute atomic E-state index is 11.1. The van der Waals surface area contributed by atoms with Gasteiger partial charge in [-0.25, -0.2) is 4.79 Å². The molecule has 0 aromatic carbocycles. The molecule has 1 aliphatic rings. The Morgan fingerprint density at radius 1 is 1.67 bits per heavy atom. The standard InChI is InChI=1S/C8H10BrNO2/c1-6-3-4-7(5-10(6)9)8(11)12-2/h3-4H,5H2,1-2H3. The number of halogens is 1. The second kappa shape index (κ2) is 3.76. The molecule has 0 N–H and O–H groups in total. The van der Waals surface area contributed by atoms with Crippen LogP contribution in [-0.4, -0.2) is 23.5 Å². The Kier molecular flexibility index (Phi) is 2.92. The zero-order valence-electron chi connectivity index (χ0n) is 7.00. The lowest BCUT2D eigenvalue weighted by molar-refractivity contribution is -0.136. The zero-order valence-corrected chi connectivity index (χ0v) is 8.59. The molecular weight excluding hydrogens is 222 g/mol. The van der Waals surface area contributed by atoms with Crippen LogP contribution in [0.1, 0.15) is 6.92 Å². The molecule has 0 aliphatic carbocycles. The Hall–Kier alpha value is -0.770. The molecular formula is C8H10BrNO2. The summed E-state index contributed by atoms with van der Waals surface area (Å²) >= 11 is 3.31. The van der Waals surface area contributed by atoms with Gasteiger partial charge in [0.15, 0.2) is 0 Å². The summed E-state index contributed by atoms with van der Waals surface area (Å²) in [5.74, 6) is -0.275. The number of carbonyl (C=O) groups excluding carboxylic acids is 1. The third kappa shape index (κ3) is 1.88. The van der Waals surface area contributed by atoms with E-state index < -0.39 is 0 Å². The molecule has 0 spiro atoms. The number of ether oxygens (including phenoxy) is 1. The second-order valence-corrected chi connectivity index (χ2v) is 3.37. The van der Waals surface area contributed by atoms with E-state index in [9.17, 15) is 4.79 Å². The van der Waals surface area contributed by atoms with Gasteiger partial charge >= 0.3 is 5.97 Å². The molecule has 0 aromatic rings. The Labute approximate surface area is 80.0 Å². The fraction of sp³-hybridized carbons (Fsp3) is 0.375. The fourth-order valence-corrected chi connectivity index (χ4v) is 1.28. The predicted molar refractivity (Wildman–Crippen MR) is 49.5 cm³/mol. The number of hydrogen-bond acceptors (Lipinski definition) is 3. The van der Waals surface area contributed by atoms with E-state index in [1.807, 2.05) is 16.9 Å². The number of carbonyl (C=O) groups is 1. The van der Waals surface area contributed by atoms with Gasteiger partial charge < -0.3 is 8.66 Å². The molecule has 0 amide bonds. The third-order valence-electron chi connectivity index (χ3n) is 1.67. The van der Waals surface area contributed by atoms with Crippen molar-refractivity contribution in [2.24, 2.45) is 0 Å². The van der Waals surface area contributed by atoms with E-state index in [0.29, 0.717) is 12.1 Å². The zero-order chi connectivity index (χ0) is 9.14. The van der Waals surface area contributed by atoms with Crippen LogP contribution in [0.4, 0.5) is 0 Å². The topological polar surface area (TPSA) is 29.5 Å². The molecule has 0 saturated carbocycles. The number of hydrogen-bond donors (Lipinski definition) is 0. The summed E-state index contributed by atoms with van der Waals surface area (Å²) in [7, 11) is 1.38. The Balaban J connectivity index is 2.77. The highest BCUT2D eigenvalue weighted by Crippen LogP contribution is 2.18. The van der Waals surface area contributed by atoms with Crippen molar-refractivity contribution in [2.45, 2.75) is 6.92 Å². The minimum atomic E-state index is -0.275.